The lowest BCUT2D eigenvalue weighted by Gasteiger charge is -2.07. The fraction of sp³-hybridized carbons (Fsp3) is 0.214. The highest BCUT2D eigenvalue weighted by atomic mass is 79.9. The Kier molecular flexibility index (Phi) is 5.51. The molecule has 1 aromatic heterocycles. The number of amides is 1. The molecule has 1 N–H and O–H groups in total. The summed E-state index contributed by atoms with van der Waals surface area (Å²) < 4.78 is 6.15. The molecule has 0 saturated heterocycles. The number of carbonyl (C=O) groups is 1. The van der Waals surface area contributed by atoms with Crippen LogP contribution in [0.2, 0.25) is 0 Å². The molecular formula is C14H13BrN2O4S. The van der Waals surface area contributed by atoms with Gasteiger partial charge in [-0.3, -0.25) is 14.9 Å². The molecule has 1 aromatic carbocycles. The molecule has 0 bridgehead atoms. The first-order valence-electron chi connectivity index (χ1n) is 6.43. The van der Waals surface area contributed by atoms with Crippen molar-refractivity contribution in [2.75, 3.05) is 6.61 Å². The second-order valence-electron chi connectivity index (χ2n) is 4.29. The van der Waals surface area contributed by atoms with Crippen molar-refractivity contribution in [3.05, 3.63) is 54.7 Å². The first-order valence-corrected chi connectivity index (χ1v) is 8.11. The molecule has 6 nitrogen and oxygen atoms in total. The van der Waals surface area contributed by atoms with Gasteiger partial charge in [0.15, 0.2) is 5.75 Å². The highest BCUT2D eigenvalue weighted by Crippen LogP contribution is 2.28. The molecule has 0 unspecified atom stereocenters. The molecule has 0 aliphatic heterocycles. The number of hydrogen-bond donors (Lipinski definition) is 1. The Bertz CT molecular complexity index is 702. The molecule has 0 spiro atoms. The number of carbonyl (C=O) groups excluding carboxylic acids is 1. The van der Waals surface area contributed by atoms with Crippen molar-refractivity contribution in [1.29, 1.82) is 0 Å². The van der Waals surface area contributed by atoms with E-state index in [-0.39, 0.29) is 22.9 Å². The maximum Gasteiger partial charge on any atom is 0.311 e. The minimum Gasteiger partial charge on any atom is -0.487 e. The number of nitro benzene ring substituents is 1. The number of halogens is 1. The summed E-state index contributed by atoms with van der Waals surface area (Å²) in [6.45, 7) is 2.43. The summed E-state index contributed by atoms with van der Waals surface area (Å²) in [7, 11) is 0. The maximum atomic E-state index is 12.1. The summed E-state index contributed by atoms with van der Waals surface area (Å²) in [5, 5.41) is 15.7. The molecule has 2 aromatic rings. The second-order valence-corrected chi connectivity index (χ2v) is 6.20. The zero-order valence-corrected chi connectivity index (χ0v) is 14.1. The van der Waals surface area contributed by atoms with Crippen LogP contribution in [0.5, 0.6) is 5.75 Å². The minimum atomic E-state index is -0.557. The Balaban J connectivity index is 2.12. The molecule has 0 atom stereocenters. The smallest absolute Gasteiger partial charge is 0.311 e. The van der Waals surface area contributed by atoms with Gasteiger partial charge in [-0.25, -0.2) is 0 Å². The number of benzene rings is 1. The summed E-state index contributed by atoms with van der Waals surface area (Å²) in [6.07, 6.45) is 0. The van der Waals surface area contributed by atoms with Crippen molar-refractivity contribution < 1.29 is 14.5 Å². The summed E-state index contributed by atoms with van der Waals surface area (Å²) in [6, 6.07) is 6.09. The first-order chi connectivity index (χ1) is 10.5. The van der Waals surface area contributed by atoms with Crippen molar-refractivity contribution in [3.8, 4) is 5.75 Å². The van der Waals surface area contributed by atoms with Crippen LogP contribution in [0.4, 0.5) is 5.69 Å². The third kappa shape index (κ3) is 4.05. The normalized spacial score (nSPS) is 10.3. The van der Waals surface area contributed by atoms with Crippen LogP contribution < -0.4 is 10.1 Å². The van der Waals surface area contributed by atoms with Gasteiger partial charge in [-0.05, 0) is 41.1 Å². The van der Waals surface area contributed by atoms with Crippen LogP contribution in [-0.4, -0.2) is 17.4 Å². The van der Waals surface area contributed by atoms with Crippen molar-refractivity contribution in [2.45, 2.75) is 13.5 Å². The van der Waals surface area contributed by atoms with E-state index in [0.29, 0.717) is 13.2 Å². The Morgan fingerprint density at radius 3 is 2.82 bits per heavy atom. The molecule has 0 aliphatic carbocycles. The van der Waals surface area contributed by atoms with E-state index < -0.39 is 4.92 Å². The quantitative estimate of drug-likeness (QED) is 0.607. The van der Waals surface area contributed by atoms with Gasteiger partial charge in [0.25, 0.3) is 5.91 Å². The number of nitrogens with zero attached hydrogens (tertiary/aromatic N) is 1. The predicted molar refractivity (Wildman–Crippen MR) is 87.5 cm³/mol. The van der Waals surface area contributed by atoms with Gasteiger partial charge < -0.3 is 10.1 Å². The van der Waals surface area contributed by atoms with E-state index in [4.69, 9.17) is 4.74 Å². The Hall–Kier alpha value is -1.93. The Labute approximate surface area is 139 Å². The lowest BCUT2D eigenvalue weighted by molar-refractivity contribution is -0.385. The van der Waals surface area contributed by atoms with Crippen LogP contribution in [0.25, 0.3) is 0 Å². The van der Waals surface area contributed by atoms with Gasteiger partial charge in [-0.2, -0.15) is 0 Å². The minimum absolute atomic E-state index is 0.159. The molecule has 0 aliphatic rings. The van der Waals surface area contributed by atoms with Gasteiger partial charge in [-0.1, -0.05) is 0 Å². The monoisotopic (exact) mass is 384 g/mol. The molecule has 0 saturated carbocycles. The number of nitrogens with one attached hydrogen (secondary N) is 1. The zero-order valence-electron chi connectivity index (χ0n) is 11.7. The van der Waals surface area contributed by atoms with E-state index in [1.807, 2.05) is 11.4 Å². The van der Waals surface area contributed by atoms with Gasteiger partial charge >= 0.3 is 5.69 Å². The molecule has 116 valence electrons. The summed E-state index contributed by atoms with van der Waals surface area (Å²) in [5.41, 5.74) is 0.0131. The molecule has 22 heavy (non-hydrogen) atoms. The number of nitro groups is 1. The van der Waals surface area contributed by atoms with Gasteiger partial charge in [-0.15, -0.1) is 11.3 Å². The maximum absolute atomic E-state index is 12.1. The average Bonchev–Trinajstić information content (AvgIpc) is 2.91. The number of rotatable bonds is 6. The highest BCUT2D eigenvalue weighted by Gasteiger charge is 2.18. The van der Waals surface area contributed by atoms with Gasteiger partial charge in [0.2, 0.25) is 0 Å². The SMILES string of the molecule is CCOc1ccc(C(=O)NCc2cc(Br)cs2)cc1[N+](=O)[O-]. The van der Waals surface area contributed by atoms with Gasteiger partial charge in [0.05, 0.1) is 18.1 Å². The zero-order chi connectivity index (χ0) is 16.1. The topological polar surface area (TPSA) is 81.5 Å². The van der Waals surface area contributed by atoms with E-state index in [2.05, 4.69) is 21.2 Å². The van der Waals surface area contributed by atoms with Crippen LogP contribution in [0.15, 0.2) is 34.1 Å². The van der Waals surface area contributed by atoms with Crippen molar-refractivity contribution in [2.24, 2.45) is 0 Å². The molecule has 2 rings (SSSR count). The number of hydrogen-bond acceptors (Lipinski definition) is 5. The number of ether oxygens (including phenoxy) is 1. The lowest BCUT2D eigenvalue weighted by atomic mass is 10.1. The summed E-state index contributed by atoms with van der Waals surface area (Å²) in [5.74, 6) is -0.207. The molecule has 8 heteroatoms. The molecule has 1 heterocycles. The summed E-state index contributed by atoms with van der Waals surface area (Å²) >= 11 is 4.86. The third-order valence-electron chi connectivity index (χ3n) is 2.76. The van der Waals surface area contributed by atoms with E-state index in [1.165, 1.54) is 29.5 Å². The van der Waals surface area contributed by atoms with E-state index in [1.54, 1.807) is 6.92 Å². The Morgan fingerprint density at radius 1 is 1.45 bits per heavy atom. The third-order valence-corrected chi connectivity index (χ3v) is 4.46. The van der Waals surface area contributed by atoms with E-state index in [0.717, 1.165) is 9.35 Å². The lowest BCUT2D eigenvalue weighted by Crippen LogP contribution is -2.22. The standard InChI is InChI=1S/C14H13BrN2O4S/c1-2-21-13-4-3-9(5-12(13)17(19)20)14(18)16-7-11-6-10(15)8-22-11/h3-6,8H,2,7H2,1H3,(H,16,18). The average molecular weight is 385 g/mol. The first kappa shape index (κ1) is 16.4. The van der Waals surface area contributed by atoms with Crippen LogP contribution in [-0.2, 0) is 6.54 Å². The summed E-state index contributed by atoms with van der Waals surface area (Å²) in [4.78, 5) is 23.6. The molecule has 1 amide bonds. The number of thiophene rings is 1. The molecular weight excluding hydrogens is 372 g/mol. The van der Waals surface area contributed by atoms with Gasteiger partial charge in [0, 0.05) is 26.4 Å². The fourth-order valence-electron chi connectivity index (χ4n) is 1.79. The van der Waals surface area contributed by atoms with Crippen molar-refractivity contribution in [1.82, 2.24) is 5.32 Å². The fourth-order valence-corrected chi connectivity index (χ4v) is 3.19. The Morgan fingerprint density at radius 2 is 2.23 bits per heavy atom. The van der Waals surface area contributed by atoms with Crippen LogP contribution in [0, 0.1) is 10.1 Å². The van der Waals surface area contributed by atoms with Crippen LogP contribution in [0.3, 0.4) is 0 Å². The van der Waals surface area contributed by atoms with Gasteiger partial charge in [0.1, 0.15) is 0 Å². The molecule has 0 fully saturated rings. The van der Waals surface area contributed by atoms with E-state index >= 15 is 0 Å². The van der Waals surface area contributed by atoms with Crippen molar-refractivity contribution in [3.63, 3.8) is 0 Å². The largest absolute Gasteiger partial charge is 0.487 e. The highest BCUT2D eigenvalue weighted by molar-refractivity contribution is 9.10. The second kappa shape index (κ2) is 7.37. The molecule has 0 radical (unpaired) electrons. The van der Waals surface area contributed by atoms with E-state index in [9.17, 15) is 14.9 Å². The van der Waals surface area contributed by atoms with Crippen molar-refractivity contribution >= 4 is 38.9 Å². The van der Waals surface area contributed by atoms with Crippen LogP contribution >= 0.6 is 27.3 Å². The van der Waals surface area contributed by atoms with Crippen LogP contribution in [0.1, 0.15) is 22.2 Å². The predicted octanol–water partition coefficient (Wildman–Crippen LogP) is 3.75.